The molecule has 1 amide bonds. The highest BCUT2D eigenvalue weighted by atomic mass is 16.2. The lowest BCUT2D eigenvalue weighted by atomic mass is 9.81. The number of carbonyl (C=O) groups excluding carboxylic acids is 1. The normalized spacial score (nSPS) is 18.8. The zero-order valence-corrected chi connectivity index (χ0v) is 12.9. The SMILES string of the molecule is CCC1(C(=O)N(C)C(C)c2cccc(N)c2)CCCC1. The molecule has 3 heteroatoms. The van der Waals surface area contributed by atoms with Crippen LogP contribution in [0, 0.1) is 5.41 Å². The van der Waals surface area contributed by atoms with Gasteiger partial charge in [0, 0.05) is 18.2 Å². The van der Waals surface area contributed by atoms with Gasteiger partial charge in [0.2, 0.25) is 5.91 Å². The minimum Gasteiger partial charge on any atom is -0.399 e. The molecule has 1 aromatic carbocycles. The molecule has 1 aliphatic carbocycles. The molecule has 1 saturated carbocycles. The van der Waals surface area contributed by atoms with Crippen molar-refractivity contribution in [1.29, 1.82) is 0 Å². The Morgan fingerprint density at radius 1 is 1.40 bits per heavy atom. The molecular weight excluding hydrogens is 248 g/mol. The average Bonchev–Trinajstić information content (AvgIpc) is 2.95. The summed E-state index contributed by atoms with van der Waals surface area (Å²) in [6, 6.07) is 7.89. The summed E-state index contributed by atoms with van der Waals surface area (Å²) in [6.07, 6.45) is 5.38. The highest BCUT2D eigenvalue weighted by Crippen LogP contribution is 2.43. The van der Waals surface area contributed by atoms with Gasteiger partial charge in [0.15, 0.2) is 0 Å². The van der Waals surface area contributed by atoms with E-state index < -0.39 is 0 Å². The van der Waals surface area contributed by atoms with E-state index in [2.05, 4.69) is 13.8 Å². The number of nitrogens with two attached hydrogens (primary N) is 1. The Bertz CT molecular complexity index is 478. The van der Waals surface area contributed by atoms with Gasteiger partial charge in [-0.25, -0.2) is 0 Å². The molecule has 1 unspecified atom stereocenters. The van der Waals surface area contributed by atoms with Crippen molar-refractivity contribution < 1.29 is 4.79 Å². The lowest BCUT2D eigenvalue weighted by Gasteiger charge is -2.35. The van der Waals surface area contributed by atoms with Crippen LogP contribution in [0.15, 0.2) is 24.3 Å². The first kappa shape index (κ1) is 14.9. The lowest BCUT2D eigenvalue weighted by Crippen LogP contribution is -2.41. The van der Waals surface area contributed by atoms with Crippen LogP contribution in [-0.4, -0.2) is 17.9 Å². The van der Waals surface area contributed by atoms with Crippen molar-refractivity contribution in [2.45, 2.75) is 52.0 Å². The van der Waals surface area contributed by atoms with E-state index in [1.807, 2.05) is 36.2 Å². The minimum atomic E-state index is -0.122. The third kappa shape index (κ3) is 2.67. The van der Waals surface area contributed by atoms with Crippen LogP contribution in [0.5, 0.6) is 0 Å². The molecule has 1 fully saturated rings. The highest BCUT2D eigenvalue weighted by molar-refractivity contribution is 5.83. The standard InChI is InChI=1S/C17H26N2O/c1-4-17(10-5-6-11-17)16(20)19(3)13(2)14-8-7-9-15(18)12-14/h7-9,12-13H,4-6,10-11,18H2,1-3H3. The van der Waals surface area contributed by atoms with E-state index >= 15 is 0 Å². The van der Waals surface area contributed by atoms with Crippen molar-refractivity contribution in [2.75, 3.05) is 12.8 Å². The lowest BCUT2D eigenvalue weighted by molar-refractivity contribution is -0.142. The Balaban J connectivity index is 2.17. The van der Waals surface area contributed by atoms with Gasteiger partial charge >= 0.3 is 0 Å². The van der Waals surface area contributed by atoms with Crippen LogP contribution < -0.4 is 5.73 Å². The summed E-state index contributed by atoms with van der Waals surface area (Å²) in [4.78, 5) is 14.8. The Morgan fingerprint density at radius 3 is 2.60 bits per heavy atom. The molecule has 0 radical (unpaired) electrons. The van der Waals surface area contributed by atoms with Gasteiger partial charge in [-0.15, -0.1) is 0 Å². The zero-order valence-electron chi connectivity index (χ0n) is 12.9. The number of hydrogen-bond acceptors (Lipinski definition) is 2. The van der Waals surface area contributed by atoms with Crippen LogP contribution in [0.25, 0.3) is 0 Å². The molecule has 1 atom stereocenters. The first-order valence-corrected chi connectivity index (χ1v) is 7.63. The molecule has 1 aromatic rings. The number of nitrogen functional groups attached to an aromatic ring is 1. The maximum atomic E-state index is 12.9. The summed E-state index contributed by atoms with van der Waals surface area (Å²) in [5.41, 5.74) is 7.57. The monoisotopic (exact) mass is 274 g/mol. The second kappa shape index (κ2) is 5.86. The van der Waals surface area contributed by atoms with E-state index in [1.165, 1.54) is 12.8 Å². The van der Waals surface area contributed by atoms with Crippen LogP contribution in [0.3, 0.4) is 0 Å². The molecule has 0 aliphatic heterocycles. The van der Waals surface area contributed by atoms with E-state index in [0.717, 1.165) is 30.5 Å². The van der Waals surface area contributed by atoms with Gasteiger partial charge in [-0.3, -0.25) is 4.79 Å². The molecule has 110 valence electrons. The second-order valence-electron chi connectivity index (χ2n) is 6.10. The first-order chi connectivity index (χ1) is 9.50. The van der Waals surface area contributed by atoms with E-state index in [9.17, 15) is 4.79 Å². The molecule has 2 N–H and O–H groups in total. The van der Waals surface area contributed by atoms with Crippen LogP contribution in [0.1, 0.15) is 57.6 Å². The van der Waals surface area contributed by atoms with Crippen molar-refractivity contribution in [3.63, 3.8) is 0 Å². The van der Waals surface area contributed by atoms with Crippen LogP contribution >= 0.6 is 0 Å². The molecule has 2 rings (SSSR count). The fourth-order valence-electron chi connectivity index (χ4n) is 3.36. The topological polar surface area (TPSA) is 46.3 Å². The quantitative estimate of drug-likeness (QED) is 0.850. The summed E-state index contributed by atoms with van der Waals surface area (Å²) in [6.45, 7) is 4.22. The first-order valence-electron chi connectivity index (χ1n) is 7.63. The third-order valence-corrected chi connectivity index (χ3v) is 4.99. The Morgan fingerprint density at radius 2 is 2.05 bits per heavy atom. The van der Waals surface area contributed by atoms with Crippen molar-refractivity contribution in [3.05, 3.63) is 29.8 Å². The van der Waals surface area contributed by atoms with Gasteiger partial charge in [-0.2, -0.15) is 0 Å². The number of hydrogen-bond donors (Lipinski definition) is 1. The summed E-state index contributed by atoms with van der Waals surface area (Å²) < 4.78 is 0. The predicted octanol–water partition coefficient (Wildman–Crippen LogP) is 3.76. The minimum absolute atomic E-state index is 0.0648. The Hall–Kier alpha value is -1.51. The molecule has 0 heterocycles. The smallest absolute Gasteiger partial charge is 0.229 e. The fourth-order valence-corrected chi connectivity index (χ4v) is 3.36. The van der Waals surface area contributed by atoms with Crippen molar-refractivity contribution >= 4 is 11.6 Å². The third-order valence-electron chi connectivity index (χ3n) is 4.99. The molecule has 0 saturated heterocycles. The largest absolute Gasteiger partial charge is 0.399 e. The van der Waals surface area contributed by atoms with E-state index in [4.69, 9.17) is 5.73 Å². The maximum Gasteiger partial charge on any atom is 0.229 e. The van der Waals surface area contributed by atoms with Crippen LogP contribution in [0.4, 0.5) is 5.69 Å². The summed E-state index contributed by atoms with van der Waals surface area (Å²) >= 11 is 0. The van der Waals surface area contributed by atoms with E-state index in [-0.39, 0.29) is 11.5 Å². The van der Waals surface area contributed by atoms with Gasteiger partial charge < -0.3 is 10.6 Å². The molecule has 3 nitrogen and oxygen atoms in total. The van der Waals surface area contributed by atoms with Crippen LogP contribution in [0.2, 0.25) is 0 Å². The van der Waals surface area contributed by atoms with Crippen molar-refractivity contribution in [2.24, 2.45) is 5.41 Å². The number of amides is 1. The Kier molecular flexibility index (Phi) is 4.36. The molecule has 20 heavy (non-hydrogen) atoms. The number of benzene rings is 1. The number of rotatable bonds is 4. The number of carbonyl (C=O) groups is 1. The summed E-state index contributed by atoms with van der Waals surface area (Å²) in [7, 11) is 1.92. The van der Waals surface area contributed by atoms with E-state index in [1.54, 1.807) is 0 Å². The second-order valence-corrected chi connectivity index (χ2v) is 6.10. The molecular formula is C17H26N2O. The molecule has 1 aliphatic rings. The average molecular weight is 274 g/mol. The fraction of sp³-hybridized carbons (Fsp3) is 0.588. The molecule has 0 bridgehead atoms. The van der Waals surface area contributed by atoms with Crippen molar-refractivity contribution in [3.8, 4) is 0 Å². The molecule has 0 spiro atoms. The summed E-state index contributed by atoms with van der Waals surface area (Å²) in [5, 5.41) is 0. The number of anilines is 1. The molecule has 0 aromatic heterocycles. The predicted molar refractivity (Wildman–Crippen MR) is 83.2 cm³/mol. The van der Waals surface area contributed by atoms with Gasteiger partial charge in [0.05, 0.1) is 6.04 Å². The maximum absolute atomic E-state index is 12.9. The van der Waals surface area contributed by atoms with Gasteiger partial charge in [-0.1, -0.05) is 31.9 Å². The van der Waals surface area contributed by atoms with Gasteiger partial charge in [0.25, 0.3) is 0 Å². The van der Waals surface area contributed by atoms with E-state index in [0.29, 0.717) is 5.91 Å². The van der Waals surface area contributed by atoms with Gasteiger partial charge in [-0.05, 0) is 43.9 Å². The zero-order chi connectivity index (χ0) is 14.8. The summed E-state index contributed by atoms with van der Waals surface area (Å²) in [5.74, 6) is 0.299. The Labute approximate surface area is 122 Å². The van der Waals surface area contributed by atoms with Gasteiger partial charge in [0.1, 0.15) is 0 Å². The van der Waals surface area contributed by atoms with Crippen LogP contribution in [-0.2, 0) is 4.79 Å². The van der Waals surface area contributed by atoms with Crippen molar-refractivity contribution in [1.82, 2.24) is 4.90 Å². The highest BCUT2D eigenvalue weighted by Gasteiger charge is 2.41. The number of nitrogens with zero attached hydrogens (tertiary/aromatic N) is 1.